The van der Waals surface area contributed by atoms with Crippen molar-refractivity contribution in [2.75, 3.05) is 13.2 Å². The molecule has 0 fully saturated rings. The maximum absolute atomic E-state index is 13.0. The summed E-state index contributed by atoms with van der Waals surface area (Å²) >= 11 is 0. The summed E-state index contributed by atoms with van der Waals surface area (Å²) in [5, 5.41) is 0. The standard InChI is InChI=1S/C11H14FNO3/c1-8(2)15-6-7-16-11(14)9-4-3-5-13-10(9)12/h3-5,8H,6-7H2,1-2H3. The van der Waals surface area contributed by atoms with Crippen molar-refractivity contribution in [1.82, 2.24) is 4.98 Å². The minimum atomic E-state index is -0.822. The van der Waals surface area contributed by atoms with Crippen molar-refractivity contribution in [3.8, 4) is 0 Å². The maximum atomic E-state index is 13.0. The second-order valence-corrected chi connectivity index (χ2v) is 3.40. The van der Waals surface area contributed by atoms with E-state index in [1.54, 1.807) is 0 Å². The van der Waals surface area contributed by atoms with Crippen LogP contribution in [0.1, 0.15) is 24.2 Å². The number of halogens is 1. The lowest BCUT2D eigenvalue weighted by molar-refractivity contribution is 0.0173. The molecule has 0 aliphatic rings. The lowest BCUT2D eigenvalue weighted by Crippen LogP contribution is -2.14. The largest absolute Gasteiger partial charge is 0.460 e. The minimum Gasteiger partial charge on any atom is -0.460 e. The van der Waals surface area contributed by atoms with E-state index in [0.717, 1.165) is 0 Å². The third-order valence-electron chi connectivity index (χ3n) is 1.75. The molecule has 0 atom stereocenters. The van der Waals surface area contributed by atoms with Crippen LogP contribution >= 0.6 is 0 Å². The molecule has 0 spiro atoms. The molecule has 0 aromatic carbocycles. The molecule has 1 aromatic heterocycles. The Kier molecular flexibility index (Phi) is 4.85. The lowest BCUT2D eigenvalue weighted by Gasteiger charge is -2.08. The van der Waals surface area contributed by atoms with E-state index in [1.807, 2.05) is 13.8 Å². The highest BCUT2D eigenvalue weighted by molar-refractivity contribution is 5.89. The molecule has 16 heavy (non-hydrogen) atoms. The number of carbonyl (C=O) groups excluding carboxylic acids is 1. The van der Waals surface area contributed by atoms with Gasteiger partial charge in [0, 0.05) is 6.20 Å². The van der Waals surface area contributed by atoms with E-state index < -0.39 is 11.9 Å². The average Bonchev–Trinajstić information content (AvgIpc) is 2.24. The number of hydrogen-bond acceptors (Lipinski definition) is 4. The van der Waals surface area contributed by atoms with Gasteiger partial charge in [-0.3, -0.25) is 0 Å². The molecule has 0 saturated heterocycles. The van der Waals surface area contributed by atoms with Crippen molar-refractivity contribution in [3.63, 3.8) is 0 Å². The zero-order valence-corrected chi connectivity index (χ0v) is 9.27. The van der Waals surface area contributed by atoms with Crippen LogP contribution in [0.15, 0.2) is 18.3 Å². The number of hydrogen-bond donors (Lipinski definition) is 0. The molecule has 0 aliphatic heterocycles. The molecule has 0 radical (unpaired) electrons. The Labute approximate surface area is 93.4 Å². The molecule has 0 N–H and O–H groups in total. The van der Waals surface area contributed by atoms with Gasteiger partial charge in [-0.15, -0.1) is 0 Å². The molecule has 0 bridgehead atoms. The Hall–Kier alpha value is -1.49. The van der Waals surface area contributed by atoms with Gasteiger partial charge in [-0.2, -0.15) is 4.39 Å². The number of carbonyl (C=O) groups is 1. The van der Waals surface area contributed by atoms with Gasteiger partial charge < -0.3 is 9.47 Å². The average molecular weight is 227 g/mol. The lowest BCUT2D eigenvalue weighted by atomic mass is 10.3. The highest BCUT2D eigenvalue weighted by atomic mass is 19.1. The fourth-order valence-corrected chi connectivity index (χ4v) is 1.03. The van der Waals surface area contributed by atoms with Crippen LogP contribution in [-0.4, -0.2) is 30.3 Å². The summed E-state index contributed by atoms with van der Waals surface area (Å²) in [5.74, 6) is -1.55. The number of aromatic nitrogens is 1. The van der Waals surface area contributed by atoms with Crippen molar-refractivity contribution in [2.24, 2.45) is 0 Å². The Morgan fingerprint density at radius 1 is 1.50 bits per heavy atom. The highest BCUT2D eigenvalue weighted by Gasteiger charge is 2.12. The van der Waals surface area contributed by atoms with Crippen LogP contribution in [0.3, 0.4) is 0 Å². The van der Waals surface area contributed by atoms with Gasteiger partial charge in [0.25, 0.3) is 0 Å². The van der Waals surface area contributed by atoms with Gasteiger partial charge >= 0.3 is 5.97 Å². The minimum absolute atomic E-state index is 0.0776. The third-order valence-corrected chi connectivity index (χ3v) is 1.75. The molecule has 1 heterocycles. The van der Waals surface area contributed by atoms with Crippen LogP contribution in [-0.2, 0) is 9.47 Å². The fourth-order valence-electron chi connectivity index (χ4n) is 1.03. The first-order valence-electron chi connectivity index (χ1n) is 5.00. The molecular formula is C11H14FNO3. The molecule has 88 valence electrons. The zero-order chi connectivity index (χ0) is 12.0. The molecule has 1 aromatic rings. The Bertz CT molecular complexity index is 355. The van der Waals surface area contributed by atoms with Crippen molar-refractivity contribution < 1.29 is 18.7 Å². The van der Waals surface area contributed by atoms with Gasteiger partial charge in [0.2, 0.25) is 5.95 Å². The van der Waals surface area contributed by atoms with Crippen LogP contribution in [0.5, 0.6) is 0 Å². The van der Waals surface area contributed by atoms with Crippen LogP contribution in [0, 0.1) is 5.95 Å². The SMILES string of the molecule is CC(C)OCCOC(=O)c1cccnc1F. The molecule has 4 nitrogen and oxygen atoms in total. The summed E-state index contributed by atoms with van der Waals surface area (Å²) in [5.41, 5.74) is -0.160. The van der Waals surface area contributed by atoms with E-state index in [4.69, 9.17) is 9.47 Å². The van der Waals surface area contributed by atoms with E-state index in [-0.39, 0.29) is 18.3 Å². The molecular weight excluding hydrogens is 213 g/mol. The monoisotopic (exact) mass is 227 g/mol. The number of esters is 1. The summed E-state index contributed by atoms with van der Waals surface area (Å²) in [6.07, 6.45) is 1.35. The first kappa shape index (κ1) is 12.6. The van der Waals surface area contributed by atoms with Crippen molar-refractivity contribution >= 4 is 5.97 Å². The van der Waals surface area contributed by atoms with Gasteiger partial charge in [-0.1, -0.05) is 0 Å². The van der Waals surface area contributed by atoms with Gasteiger partial charge in [-0.05, 0) is 26.0 Å². The summed E-state index contributed by atoms with van der Waals surface area (Å²) in [4.78, 5) is 14.7. The Morgan fingerprint density at radius 3 is 2.88 bits per heavy atom. The first-order valence-corrected chi connectivity index (χ1v) is 5.00. The van der Waals surface area contributed by atoms with E-state index in [9.17, 15) is 9.18 Å². The number of ether oxygens (including phenoxy) is 2. The molecule has 0 aliphatic carbocycles. The Morgan fingerprint density at radius 2 is 2.25 bits per heavy atom. The maximum Gasteiger partial charge on any atom is 0.342 e. The van der Waals surface area contributed by atoms with Crippen LogP contribution in [0.25, 0.3) is 0 Å². The fraction of sp³-hybridized carbons (Fsp3) is 0.455. The predicted octanol–water partition coefficient (Wildman–Crippen LogP) is 1.80. The first-order chi connectivity index (χ1) is 7.61. The van der Waals surface area contributed by atoms with Crippen LogP contribution < -0.4 is 0 Å². The summed E-state index contributed by atoms with van der Waals surface area (Å²) < 4.78 is 23.0. The number of rotatable bonds is 5. The molecule has 0 saturated carbocycles. The Balaban J connectivity index is 2.39. The van der Waals surface area contributed by atoms with Gasteiger partial charge in [0.15, 0.2) is 0 Å². The van der Waals surface area contributed by atoms with Crippen molar-refractivity contribution in [1.29, 1.82) is 0 Å². The van der Waals surface area contributed by atoms with Crippen molar-refractivity contribution in [3.05, 3.63) is 29.8 Å². The second-order valence-electron chi connectivity index (χ2n) is 3.40. The smallest absolute Gasteiger partial charge is 0.342 e. The van der Waals surface area contributed by atoms with Gasteiger partial charge in [0.1, 0.15) is 12.2 Å². The van der Waals surface area contributed by atoms with Crippen molar-refractivity contribution in [2.45, 2.75) is 20.0 Å². The van der Waals surface area contributed by atoms with Crippen LogP contribution in [0.2, 0.25) is 0 Å². The van der Waals surface area contributed by atoms with E-state index in [0.29, 0.717) is 6.61 Å². The normalized spacial score (nSPS) is 10.5. The predicted molar refractivity (Wildman–Crippen MR) is 55.6 cm³/mol. The van der Waals surface area contributed by atoms with Crippen LogP contribution in [0.4, 0.5) is 4.39 Å². The highest BCUT2D eigenvalue weighted by Crippen LogP contribution is 2.04. The molecule has 0 amide bonds. The number of nitrogens with zero attached hydrogens (tertiary/aromatic N) is 1. The molecule has 5 heteroatoms. The number of pyridine rings is 1. The van der Waals surface area contributed by atoms with Gasteiger partial charge in [-0.25, -0.2) is 9.78 Å². The second kappa shape index (κ2) is 6.17. The summed E-state index contributed by atoms with van der Waals surface area (Å²) in [7, 11) is 0. The summed E-state index contributed by atoms with van der Waals surface area (Å²) in [6, 6.07) is 2.80. The van der Waals surface area contributed by atoms with E-state index >= 15 is 0 Å². The molecule has 0 unspecified atom stereocenters. The molecule has 1 rings (SSSR count). The summed E-state index contributed by atoms with van der Waals surface area (Å²) in [6.45, 7) is 4.15. The third kappa shape index (κ3) is 3.94. The van der Waals surface area contributed by atoms with E-state index in [2.05, 4.69) is 4.98 Å². The van der Waals surface area contributed by atoms with Gasteiger partial charge in [0.05, 0.1) is 12.7 Å². The van der Waals surface area contributed by atoms with E-state index in [1.165, 1.54) is 18.3 Å². The topological polar surface area (TPSA) is 48.4 Å². The zero-order valence-electron chi connectivity index (χ0n) is 9.27. The quantitative estimate of drug-likeness (QED) is 0.437.